The van der Waals surface area contributed by atoms with Gasteiger partial charge in [-0.3, -0.25) is 4.79 Å². The number of benzene rings is 1. The molecule has 0 bridgehead atoms. The van der Waals surface area contributed by atoms with E-state index in [1.165, 1.54) is 30.6 Å². The molecule has 1 aliphatic heterocycles. The van der Waals surface area contributed by atoms with Crippen molar-refractivity contribution in [3.8, 4) is 0 Å². The van der Waals surface area contributed by atoms with Crippen molar-refractivity contribution in [3.05, 3.63) is 29.3 Å². The molecule has 1 N–H and O–H groups in total. The van der Waals surface area contributed by atoms with Crippen molar-refractivity contribution in [3.63, 3.8) is 0 Å². The number of hydrogen-bond acceptors (Lipinski definition) is 2. The minimum absolute atomic E-state index is 0.227. The fourth-order valence-electron chi connectivity index (χ4n) is 2.73. The SMILES string of the molecule is O=C(O)CCc1ccc2c(c1)CCN2CC1CC1. The summed E-state index contributed by atoms with van der Waals surface area (Å²) in [6.45, 7) is 2.34. The first kappa shape index (κ1) is 11.6. The van der Waals surface area contributed by atoms with Gasteiger partial charge in [0.05, 0.1) is 0 Å². The molecule has 18 heavy (non-hydrogen) atoms. The molecule has 3 heteroatoms. The first-order valence-electron chi connectivity index (χ1n) is 6.81. The number of nitrogens with zero attached hydrogens (tertiary/aromatic N) is 1. The van der Waals surface area contributed by atoms with E-state index in [0.29, 0.717) is 6.42 Å². The standard InChI is InChI=1S/C15H19NO2/c17-15(18)6-4-11-3-5-14-13(9-11)7-8-16(14)10-12-1-2-12/h3,5,9,12H,1-2,4,6-8,10H2,(H,17,18). The summed E-state index contributed by atoms with van der Waals surface area (Å²) in [7, 11) is 0. The maximum atomic E-state index is 10.6. The number of carboxylic acid groups (broad SMARTS) is 1. The minimum Gasteiger partial charge on any atom is -0.481 e. The van der Waals surface area contributed by atoms with E-state index in [0.717, 1.165) is 24.4 Å². The van der Waals surface area contributed by atoms with Crippen LogP contribution < -0.4 is 4.90 Å². The smallest absolute Gasteiger partial charge is 0.303 e. The fraction of sp³-hybridized carbons (Fsp3) is 0.533. The summed E-state index contributed by atoms with van der Waals surface area (Å²) in [5.41, 5.74) is 3.93. The van der Waals surface area contributed by atoms with Crippen LogP contribution in [0.5, 0.6) is 0 Å². The Labute approximate surface area is 107 Å². The van der Waals surface area contributed by atoms with E-state index in [1.54, 1.807) is 0 Å². The molecule has 0 saturated heterocycles. The molecule has 1 aliphatic carbocycles. The van der Waals surface area contributed by atoms with Crippen molar-refractivity contribution >= 4 is 11.7 Å². The van der Waals surface area contributed by atoms with Gasteiger partial charge in [0.15, 0.2) is 0 Å². The number of rotatable bonds is 5. The van der Waals surface area contributed by atoms with Gasteiger partial charge in [-0.1, -0.05) is 12.1 Å². The van der Waals surface area contributed by atoms with Crippen molar-refractivity contribution in [2.24, 2.45) is 5.92 Å². The number of carbonyl (C=O) groups is 1. The van der Waals surface area contributed by atoms with E-state index in [2.05, 4.69) is 23.1 Å². The molecule has 1 aromatic rings. The zero-order chi connectivity index (χ0) is 12.5. The Morgan fingerprint density at radius 3 is 2.94 bits per heavy atom. The monoisotopic (exact) mass is 245 g/mol. The molecular formula is C15H19NO2. The predicted octanol–water partition coefficient (Wildman–Crippen LogP) is 2.48. The molecule has 0 radical (unpaired) electrons. The second-order valence-corrected chi connectivity index (χ2v) is 5.50. The Bertz CT molecular complexity index is 466. The minimum atomic E-state index is -0.717. The van der Waals surface area contributed by atoms with Crippen LogP contribution >= 0.6 is 0 Å². The van der Waals surface area contributed by atoms with Gasteiger partial charge < -0.3 is 10.0 Å². The Morgan fingerprint density at radius 2 is 2.22 bits per heavy atom. The summed E-state index contributed by atoms with van der Waals surface area (Å²) in [5, 5.41) is 8.71. The largest absolute Gasteiger partial charge is 0.481 e. The van der Waals surface area contributed by atoms with Crippen molar-refractivity contribution < 1.29 is 9.90 Å². The third-order valence-electron chi connectivity index (χ3n) is 3.94. The summed E-state index contributed by atoms with van der Waals surface area (Å²) in [6.07, 6.45) is 4.77. The molecule has 0 atom stereocenters. The van der Waals surface area contributed by atoms with Gasteiger partial charge in [0.1, 0.15) is 0 Å². The second-order valence-electron chi connectivity index (χ2n) is 5.50. The third kappa shape index (κ3) is 2.50. The molecule has 0 spiro atoms. The van der Waals surface area contributed by atoms with Crippen molar-refractivity contribution in [2.45, 2.75) is 32.1 Å². The first-order chi connectivity index (χ1) is 8.72. The van der Waals surface area contributed by atoms with Crippen LogP contribution in [0.3, 0.4) is 0 Å². The zero-order valence-electron chi connectivity index (χ0n) is 10.6. The Hall–Kier alpha value is -1.51. The van der Waals surface area contributed by atoms with Gasteiger partial charge in [-0.25, -0.2) is 0 Å². The second kappa shape index (κ2) is 4.63. The maximum absolute atomic E-state index is 10.6. The van der Waals surface area contributed by atoms with E-state index in [-0.39, 0.29) is 6.42 Å². The molecule has 3 rings (SSSR count). The molecule has 2 aliphatic rings. The van der Waals surface area contributed by atoms with E-state index in [1.807, 2.05) is 0 Å². The lowest BCUT2D eigenvalue weighted by atomic mass is 10.0. The van der Waals surface area contributed by atoms with Crippen LogP contribution in [0.15, 0.2) is 18.2 Å². The van der Waals surface area contributed by atoms with Gasteiger partial charge in [-0.2, -0.15) is 0 Å². The third-order valence-corrected chi connectivity index (χ3v) is 3.94. The summed E-state index contributed by atoms with van der Waals surface area (Å²) in [4.78, 5) is 13.1. The van der Waals surface area contributed by atoms with Crippen LogP contribution in [-0.2, 0) is 17.6 Å². The van der Waals surface area contributed by atoms with E-state index >= 15 is 0 Å². The maximum Gasteiger partial charge on any atom is 0.303 e. The van der Waals surface area contributed by atoms with Crippen molar-refractivity contribution in [1.29, 1.82) is 0 Å². The van der Waals surface area contributed by atoms with Crippen LogP contribution in [0.2, 0.25) is 0 Å². The highest BCUT2D eigenvalue weighted by Gasteiger charge is 2.27. The molecule has 1 fully saturated rings. The van der Waals surface area contributed by atoms with Gasteiger partial charge in [0, 0.05) is 25.2 Å². The molecule has 1 heterocycles. The Morgan fingerprint density at radius 1 is 1.39 bits per heavy atom. The zero-order valence-corrected chi connectivity index (χ0v) is 10.6. The predicted molar refractivity (Wildman–Crippen MR) is 71.0 cm³/mol. The van der Waals surface area contributed by atoms with E-state index < -0.39 is 5.97 Å². The lowest BCUT2D eigenvalue weighted by Crippen LogP contribution is -2.22. The number of aryl methyl sites for hydroxylation is 1. The summed E-state index contributed by atoms with van der Waals surface area (Å²) >= 11 is 0. The lowest BCUT2D eigenvalue weighted by Gasteiger charge is -2.19. The van der Waals surface area contributed by atoms with Crippen LogP contribution in [0.4, 0.5) is 5.69 Å². The summed E-state index contributed by atoms with van der Waals surface area (Å²) < 4.78 is 0. The topological polar surface area (TPSA) is 40.5 Å². The molecule has 0 unspecified atom stereocenters. The molecule has 1 saturated carbocycles. The fourth-order valence-corrected chi connectivity index (χ4v) is 2.73. The highest BCUT2D eigenvalue weighted by molar-refractivity contribution is 5.67. The van der Waals surface area contributed by atoms with Crippen LogP contribution in [-0.4, -0.2) is 24.2 Å². The number of anilines is 1. The average Bonchev–Trinajstić information content (AvgIpc) is 3.08. The van der Waals surface area contributed by atoms with Crippen molar-refractivity contribution in [2.75, 3.05) is 18.0 Å². The molecule has 96 valence electrons. The molecule has 1 aromatic carbocycles. The summed E-state index contributed by atoms with van der Waals surface area (Å²) in [5.74, 6) is 0.202. The van der Waals surface area contributed by atoms with Gasteiger partial charge in [-0.05, 0) is 48.8 Å². The number of hydrogen-bond donors (Lipinski definition) is 1. The normalized spacial score (nSPS) is 17.9. The number of aliphatic carboxylic acids is 1. The quantitative estimate of drug-likeness (QED) is 0.866. The van der Waals surface area contributed by atoms with E-state index in [4.69, 9.17) is 5.11 Å². The highest BCUT2D eigenvalue weighted by Crippen LogP contribution is 2.35. The lowest BCUT2D eigenvalue weighted by molar-refractivity contribution is -0.136. The Kier molecular flexibility index (Phi) is 2.98. The van der Waals surface area contributed by atoms with Crippen LogP contribution in [0.25, 0.3) is 0 Å². The molecule has 0 amide bonds. The molecule has 3 nitrogen and oxygen atoms in total. The number of carboxylic acids is 1. The molecular weight excluding hydrogens is 226 g/mol. The van der Waals surface area contributed by atoms with Crippen LogP contribution in [0.1, 0.15) is 30.4 Å². The van der Waals surface area contributed by atoms with Gasteiger partial charge >= 0.3 is 5.97 Å². The molecule has 0 aromatic heterocycles. The van der Waals surface area contributed by atoms with Crippen LogP contribution in [0, 0.1) is 5.92 Å². The highest BCUT2D eigenvalue weighted by atomic mass is 16.4. The van der Waals surface area contributed by atoms with E-state index in [9.17, 15) is 4.79 Å². The first-order valence-corrected chi connectivity index (χ1v) is 6.81. The van der Waals surface area contributed by atoms with Gasteiger partial charge in [0.25, 0.3) is 0 Å². The van der Waals surface area contributed by atoms with Gasteiger partial charge in [0.2, 0.25) is 0 Å². The Balaban J connectivity index is 1.69. The van der Waals surface area contributed by atoms with Crippen molar-refractivity contribution in [1.82, 2.24) is 0 Å². The summed E-state index contributed by atoms with van der Waals surface area (Å²) in [6, 6.07) is 6.47. The van der Waals surface area contributed by atoms with Gasteiger partial charge in [-0.15, -0.1) is 0 Å². The average molecular weight is 245 g/mol. The number of fused-ring (bicyclic) bond motifs is 1.